The van der Waals surface area contributed by atoms with E-state index in [0.717, 1.165) is 27.8 Å². The molecule has 2 aromatic carbocycles. The van der Waals surface area contributed by atoms with Crippen LogP contribution in [0.5, 0.6) is 0 Å². The van der Waals surface area contributed by atoms with E-state index < -0.39 is 9.84 Å². The van der Waals surface area contributed by atoms with Gasteiger partial charge in [0, 0.05) is 0 Å². The van der Waals surface area contributed by atoms with Crippen LogP contribution in [0.25, 0.3) is 0 Å². The predicted octanol–water partition coefficient (Wildman–Crippen LogP) is 2.91. The molecule has 0 saturated carbocycles. The van der Waals surface area contributed by atoms with E-state index in [4.69, 9.17) is 5.11 Å². The van der Waals surface area contributed by atoms with Gasteiger partial charge in [-0.05, 0) is 41.7 Å². The second-order valence-corrected chi connectivity index (χ2v) is 7.49. The summed E-state index contributed by atoms with van der Waals surface area (Å²) in [5.74, 6) is 0.0709. The van der Waals surface area contributed by atoms with Crippen LogP contribution in [0.4, 0.5) is 0 Å². The molecule has 112 valence electrons. The second kappa shape index (κ2) is 6.41. The Bertz CT molecular complexity index is 716. The number of hydrogen-bond donors (Lipinski definition) is 1. The largest absolute Gasteiger partial charge is 0.392 e. The van der Waals surface area contributed by atoms with E-state index in [9.17, 15) is 8.42 Å². The Morgan fingerprint density at radius 2 is 1.33 bits per heavy atom. The zero-order chi connectivity index (χ0) is 15.5. The lowest BCUT2D eigenvalue weighted by atomic mass is 10.1. The van der Waals surface area contributed by atoms with Gasteiger partial charge < -0.3 is 5.11 Å². The van der Waals surface area contributed by atoms with Crippen LogP contribution < -0.4 is 0 Å². The number of hydrogen-bond acceptors (Lipinski definition) is 3. The standard InChI is InChI=1S/C17H20O3S/c1-13-3-4-17(9-14(13)2)12-21(19,20)11-16-7-5-15(10-18)6-8-16/h3-9,18H,10-12H2,1-2H3. The lowest BCUT2D eigenvalue weighted by molar-refractivity contribution is 0.282. The van der Waals surface area contributed by atoms with Gasteiger partial charge in [0.25, 0.3) is 0 Å². The van der Waals surface area contributed by atoms with Crippen molar-refractivity contribution >= 4 is 9.84 Å². The second-order valence-electron chi connectivity index (χ2n) is 5.43. The number of aliphatic hydroxyl groups excluding tert-OH is 1. The van der Waals surface area contributed by atoms with Crippen LogP contribution >= 0.6 is 0 Å². The molecule has 2 rings (SSSR count). The third-order valence-electron chi connectivity index (χ3n) is 3.55. The summed E-state index contributed by atoms with van der Waals surface area (Å²) in [6, 6.07) is 12.8. The highest BCUT2D eigenvalue weighted by molar-refractivity contribution is 7.89. The van der Waals surface area contributed by atoms with Gasteiger partial charge in [-0.25, -0.2) is 8.42 Å². The number of rotatable bonds is 5. The number of aryl methyl sites for hydroxylation is 2. The van der Waals surface area contributed by atoms with Gasteiger partial charge >= 0.3 is 0 Å². The molecule has 0 amide bonds. The fraction of sp³-hybridized carbons (Fsp3) is 0.294. The molecule has 4 heteroatoms. The first-order valence-corrected chi connectivity index (χ1v) is 8.67. The van der Waals surface area contributed by atoms with Crippen molar-refractivity contribution < 1.29 is 13.5 Å². The summed E-state index contributed by atoms with van der Waals surface area (Å²) in [6.45, 7) is 3.96. The van der Waals surface area contributed by atoms with Gasteiger partial charge in [0.05, 0.1) is 18.1 Å². The molecule has 0 radical (unpaired) electrons. The maximum Gasteiger partial charge on any atom is 0.158 e. The minimum absolute atomic E-state index is 0.0195. The van der Waals surface area contributed by atoms with Gasteiger partial charge in [-0.15, -0.1) is 0 Å². The first-order chi connectivity index (χ1) is 9.89. The monoisotopic (exact) mass is 304 g/mol. The third-order valence-corrected chi connectivity index (χ3v) is 5.10. The van der Waals surface area contributed by atoms with E-state index in [2.05, 4.69) is 0 Å². The van der Waals surface area contributed by atoms with Crippen molar-refractivity contribution in [2.45, 2.75) is 32.0 Å². The third kappa shape index (κ3) is 4.41. The molecule has 2 aromatic rings. The highest BCUT2D eigenvalue weighted by Crippen LogP contribution is 2.16. The van der Waals surface area contributed by atoms with Crippen molar-refractivity contribution in [2.24, 2.45) is 0 Å². The van der Waals surface area contributed by atoms with Gasteiger partial charge in [-0.1, -0.05) is 42.5 Å². The average Bonchev–Trinajstić information content (AvgIpc) is 2.43. The summed E-state index contributed by atoms with van der Waals surface area (Å²) >= 11 is 0. The van der Waals surface area contributed by atoms with Gasteiger partial charge in [0.1, 0.15) is 0 Å². The number of sulfone groups is 1. The Balaban J connectivity index is 2.12. The van der Waals surface area contributed by atoms with Crippen molar-refractivity contribution in [1.29, 1.82) is 0 Å². The van der Waals surface area contributed by atoms with Crippen LogP contribution in [-0.4, -0.2) is 13.5 Å². The zero-order valence-electron chi connectivity index (χ0n) is 12.3. The maximum absolute atomic E-state index is 12.3. The molecule has 0 fully saturated rings. The van der Waals surface area contributed by atoms with Crippen molar-refractivity contribution in [3.63, 3.8) is 0 Å². The highest BCUT2D eigenvalue weighted by atomic mass is 32.2. The van der Waals surface area contributed by atoms with E-state index in [-0.39, 0.29) is 18.1 Å². The number of aliphatic hydroxyl groups is 1. The maximum atomic E-state index is 12.3. The molecule has 0 heterocycles. The first kappa shape index (κ1) is 15.7. The van der Waals surface area contributed by atoms with Crippen LogP contribution in [0.2, 0.25) is 0 Å². The Morgan fingerprint density at radius 3 is 1.90 bits per heavy atom. The Hall–Kier alpha value is -1.65. The topological polar surface area (TPSA) is 54.4 Å². The van der Waals surface area contributed by atoms with Crippen LogP contribution in [0, 0.1) is 13.8 Å². The van der Waals surface area contributed by atoms with E-state index in [1.807, 2.05) is 32.0 Å². The van der Waals surface area contributed by atoms with Crippen LogP contribution in [-0.2, 0) is 27.9 Å². The Labute approximate surface area is 126 Å². The van der Waals surface area contributed by atoms with Gasteiger partial charge in [0.2, 0.25) is 0 Å². The van der Waals surface area contributed by atoms with E-state index >= 15 is 0 Å². The minimum atomic E-state index is -3.20. The van der Waals surface area contributed by atoms with Crippen molar-refractivity contribution in [2.75, 3.05) is 0 Å². The van der Waals surface area contributed by atoms with Crippen LogP contribution in [0.15, 0.2) is 42.5 Å². The van der Waals surface area contributed by atoms with E-state index in [0.29, 0.717) is 0 Å². The van der Waals surface area contributed by atoms with Crippen LogP contribution in [0.3, 0.4) is 0 Å². The summed E-state index contributed by atoms with van der Waals surface area (Å²) in [4.78, 5) is 0. The molecule has 0 aliphatic carbocycles. The summed E-state index contributed by atoms with van der Waals surface area (Å²) in [5.41, 5.74) is 4.62. The normalized spacial score (nSPS) is 11.6. The van der Waals surface area contributed by atoms with Crippen molar-refractivity contribution in [3.05, 3.63) is 70.3 Å². The van der Waals surface area contributed by atoms with Gasteiger partial charge in [-0.3, -0.25) is 0 Å². The molecular weight excluding hydrogens is 284 g/mol. The molecule has 0 aromatic heterocycles. The molecule has 0 bridgehead atoms. The van der Waals surface area contributed by atoms with Gasteiger partial charge in [-0.2, -0.15) is 0 Å². The fourth-order valence-corrected chi connectivity index (χ4v) is 3.68. The molecule has 0 unspecified atom stereocenters. The molecule has 0 atom stereocenters. The Morgan fingerprint density at radius 1 is 0.810 bits per heavy atom. The highest BCUT2D eigenvalue weighted by Gasteiger charge is 2.13. The zero-order valence-corrected chi connectivity index (χ0v) is 13.2. The molecule has 3 nitrogen and oxygen atoms in total. The smallest absolute Gasteiger partial charge is 0.158 e. The molecule has 0 spiro atoms. The molecule has 1 N–H and O–H groups in total. The summed E-state index contributed by atoms with van der Waals surface area (Å²) in [5, 5.41) is 8.99. The lowest BCUT2D eigenvalue weighted by Crippen LogP contribution is -2.08. The van der Waals surface area contributed by atoms with E-state index in [1.54, 1.807) is 24.3 Å². The summed E-state index contributed by atoms with van der Waals surface area (Å²) in [6.07, 6.45) is 0. The molecule has 0 aliphatic rings. The number of benzene rings is 2. The summed E-state index contributed by atoms with van der Waals surface area (Å²) < 4.78 is 24.5. The summed E-state index contributed by atoms with van der Waals surface area (Å²) in [7, 11) is -3.20. The molecule has 0 aliphatic heterocycles. The van der Waals surface area contributed by atoms with Crippen molar-refractivity contribution in [3.8, 4) is 0 Å². The first-order valence-electron chi connectivity index (χ1n) is 6.85. The van der Waals surface area contributed by atoms with Gasteiger partial charge in [0.15, 0.2) is 9.84 Å². The molecule has 0 saturated heterocycles. The minimum Gasteiger partial charge on any atom is -0.392 e. The van der Waals surface area contributed by atoms with E-state index in [1.165, 1.54) is 0 Å². The fourth-order valence-electron chi connectivity index (χ4n) is 2.19. The quantitative estimate of drug-likeness (QED) is 0.924. The Kier molecular flexibility index (Phi) is 4.80. The lowest BCUT2D eigenvalue weighted by Gasteiger charge is -2.07. The molecule has 21 heavy (non-hydrogen) atoms. The molecular formula is C17H20O3S. The SMILES string of the molecule is Cc1ccc(CS(=O)(=O)Cc2ccc(CO)cc2)cc1C. The average molecular weight is 304 g/mol. The van der Waals surface area contributed by atoms with Crippen LogP contribution in [0.1, 0.15) is 27.8 Å². The predicted molar refractivity (Wildman–Crippen MR) is 84.6 cm³/mol. The van der Waals surface area contributed by atoms with Crippen molar-refractivity contribution in [1.82, 2.24) is 0 Å².